The quantitative estimate of drug-likeness (QED) is 0.0614. The summed E-state index contributed by atoms with van der Waals surface area (Å²) in [6.07, 6.45) is 12.9. The molecule has 2 atom stereocenters. The lowest BCUT2D eigenvalue weighted by Gasteiger charge is -2.32. The fourth-order valence-electron chi connectivity index (χ4n) is 10.5. The number of rotatable bonds is 16. The molecule has 0 aliphatic carbocycles. The monoisotopic (exact) mass is 893 g/mol. The lowest BCUT2D eigenvalue weighted by molar-refractivity contribution is -0.146. The van der Waals surface area contributed by atoms with Crippen molar-refractivity contribution in [3.05, 3.63) is 143 Å². The van der Waals surface area contributed by atoms with Crippen LogP contribution in [0.4, 0.5) is 11.4 Å². The van der Waals surface area contributed by atoms with Crippen LogP contribution in [0, 0.1) is 11.8 Å². The molecule has 0 N–H and O–H groups in total. The molecule has 4 aromatic rings. The van der Waals surface area contributed by atoms with Crippen LogP contribution >= 0.6 is 0 Å². The summed E-state index contributed by atoms with van der Waals surface area (Å²) in [6.45, 7) is 6.19. The molecule has 2 fully saturated rings. The third-order valence-corrected chi connectivity index (χ3v) is 14.6. The third-order valence-electron chi connectivity index (χ3n) is 14.6. The Morgan fingerprint density at radius 2 is 0.924 bits per heavy atom. The number of benzene rings is 4. The third kappa shape index (κ3) is 12.6. The molecule has 10 nitrogen and oxygen atoms in total. The number of carbonyl (C=O) groups is 4. The van der Waals surface area contributed by atoms with Crippen molar-refractivity contribution in [1.82, 2.24) is 9.80 Å². The molecule has 0 spiro atoms. The molecule has 2 saturated heterocycles. The highest BCUT2D eigenvalue weighted by molar-refractivity contribution is 5.98. The van der Waals surface area contributed by atoms with Gasteiger partial charge in [0.1, 0.15) is 0 Å². The number of carbonyl (C=O) groups excluding carboxylic acids is 4. The van der Waals surface area contributed by atoms with Crippen LogP contribution in [0.25, 0.3) is 0 Å². The van der Waals surface area contributed by atoms with Gasteiger partial charge < -0.3 is 19.3 Å². The largest absolute Gasteiger partial charge is 0.438 e. The van der Waals surface area contributed by atoms with E-state index in [-0.39, 0.29) is 11.6 Å². The van der Waals surface area contributed by atoms with Crippen molar-refractivity contribution in [3.63, 3.8) is 0 Å². The number of ether oxygens (including phenoxy) is 2. The van der Waals surface area contributed by atoms with Gasteiger partial charge in [-0.25, -0.2) is 9.59 Å². The first-order valence-corrected chi connectivity index (χ1v) is 24.5. The van der Waals surface area contributed by atoms with Gasteiger partial charge in [0.05, 0.1) is 0 Å². The zero-order valence-corrected chi connectivity index (χ0v) is 39.1. The molecule has 66 heavy (non-hydrogen) atoms. The molecule has 0 bridgehead atoms. The maximum Gasteiger partial charge on any atom is 0.332 e. The molecule has 0 radical (unpaired) electrons. The van der Waals surface area contributed by atoms with E-state index in [4.69, 9.17) is 9.47 Å². The zero-order valence-electron chi connectivity index (χ0n) is 39.1. The fraction of sp³-hybridized carbons (Fsp3) is 0.464. The van der Waals surface area contributed by atoms with Crippen molar-refractivity contribution in [2.24, 2.45) is 11.8 Å². The van der Waals surface area contributed by atoms with Crippen LogP contribution in [0.2, 0.25) is 0 Å². The van der Waals surface area contributed by atoms with E-state index in [0.29, 0.717) is 48.6 Å². The number of Topliss-reactive ketones (excluding diaryl/α,β-unsaturated/α-hetero) is 2. The van der Waals surface area contributed by atoms with E-state index in [1.165, 1.54) is 11.1 Å². The van der Waals surface area contributed by atoms with E-state index < -0.39 is 24.4 Å². The Bertz CT molecular complexity index is 2140. The average molecular weight is 893 g/mol. The molecule has 10 heteroatoms. The van der Waals surface area contributed by atoms with Crippen LogP contribution in [0.15, 0.2) is 109 Å². The van der Waals surface area contributed by atoms with Gasteiger partial charge in [0, 0.05) is 87.5 Å². The molecule has 0 saturated carbocycles. The molecule has 2 unspecified atom stereocenters. The molecule has 4 aliphatic heterocycles. The minimum atomic E-state index is -0.630. The van der Waals surface area contributed by atoms with Crippen LogP contribution in [0.5, 0.6) is 0 Å². The van der Waals surface area contributed by atoms with Gasteiger partial charge in [0.15, 0.2) is 24.0 Å². The first-order chi connectivity index (χ1) is 32.1. The standard InChI is InChI=1S/C56H68N4O6/c1-57-49-37-47(51(61)25-19-41-29-33-59(34-30-41)39-43-11-5-3-6-12-43)23-21-45(49)15-9-17-53(57)65-55(63)27-28-56(64)66-54-18-10-16-46-22-24-48(38-50(46)58(54)2)52(62)26-20-42-31-35-60(36-32-42)40-44-13-7-4-8-14-44/h3-8,11-14,21-24,27-28,37-38,41-42,53-54H,9-10,15-20,25-26,29-36,39-40H2,1-2H3/b28-27+. The van der Waals surface area contributed by atoms with Crippen LogP contribution in [-0.4, -0.2) is 86.0 Å². The number of esters is 2. The molecule has 4 heterocycles. The molecular formula is C56H68N4O6. The van der Waals surface area contributed by atoms with E-state index >= 15 is 0 Å². The summed E-state index contributed by atoms with van der Waals surface area (Å²) in [5, 5.41) is 0. The van der Waals surface area contributed by atoms with Gasteiger partial charge in [-0.1, -0.05) is 84.9 Å². The SMILES string of the molecule is CN1c2cc(C(=O)CCC3CCN(Cc4ccccc4)CC3)ccc2CCCC1OC(=O)/C=C/C(=O)OC1CCCc2ccc(C(=O)CCC3CCN(Cc4ccccc4)CC3)cc2N1C. The lowest BCUT2D eigenvalue weighted by atomic mass is 9.90. The Balaban J connectivity index is 0.786. The summed E-state index contributed by atoms with van der Waals surface area (Å²) in [7, 11) is 3.79. The fourth-order valence-corrected chi connectivity index (χ4v) is 10.5. The van der Waals surface area contributed by atoms with Crippen molar-refractivity contribution in [2.75, 3.05) is 50.1 Å². The minimum Gasteiger partial charge on any atom is -0.438 e. The summed E-state index contributed by atoms with van der Waals surface area (Å²) < 4.78 is 11.8. The van der Waals surface area contributed by atoms with E-state index in [1.54, 1.807) is 0 Å². The highest BCUT2D eigenvalue weighted by atomic mass is 16.6. The summed E-state index contributed by atoms with van der Waals surface area (Å²) in [5.41, 5.74) is 8.09. The number of hydrogen-bond donors (Lipinski definition) is 0. The van der Waals surface area contributed by atoms with Crippen molar-refractivity contribution in [3.8, 4) is 0 Å². The van der Waals surface area contributed by atoms with Crippen LogP contribution in [0.1, 0.15) is 120 Å². The molecule has 4 aromatic carbocycles. The van der Waals surface area contributed by atoms with Gasteiger partial charge >= 0.3 is 11.9 Å². The Morgan fingerprint density at radius 3 is 1.32 bits per heavy atom. The number of piperidine rings is 2. The van der Waals surface area contributed by atoms with Gasteiger partial charge in [-0.2, -0.15) is 0 Å². The molecule has 348 valence electrons. The van der Waals surface area contributed by atoms with E-state index in [9.17, 15) is 19.2 Å². The Labute approximate surface area is 391 Å². The Hall–Kier alpha value is -5.58. The Kier molecular flexibility index (Phi) is 16.2. The molecule has 0 amide bonds. The number of aryl methyl sites for hydroxylation is 2. The Morgan fingerprint density at radius 1 is 0.530 bits per heavy atom. The van der Waals surface area contributed by atoms with Crippen molar-refractivity contribution < 1.29 is 28.7 Å². The highest BCUT2D eigenvalue weighted by Gasteiger charge is 2.28. The second-order valence-corrected chi connectivity index (χ2v) is 19.1. The van der Waals surface area contributed by atoms with Crippen LogP contribution in [0.3, 0.4) is 0 Å². The smallest absolute Gasteiger partial charge is 0.332 e. The minimum absolute atomic E-state index is 0.144. The van der Waals surface area contributed by atoms with E-state index in [1.807, 2.05) is 60.3 Å². The van der Waals surface area contributed by atoms with Gasteiger partial charge in [-0.3, -0.25) is 19.4 Å². The number of ketones is 2. The van der Waals surface area contributed by atoms with Gasteiger partial charge in [-0.05, 0) is 137 Å². The number of fused-ring (bicyclic) bond motifs is 2. The predicted molar refractivity (Wildman–Crippen MR) is 260 cm³/mol. The van der Waals surface area contributed by atoms with Gasteiger partial charge in [0.25, 0.3) is 0 Å². The van der Waals surface area contributed by atoms with Crippen LogP contribution in [-0.2, 0) is 45.0 Å². The van der Waals surface area contributed by atoms with Crippen LogP contribution < -0.4 is 9.80 Å². The van der Waals surface area contributed by atoms with Crippen molar-refractivity contribution in [1.29, 1.82) is 0 Å². The normalized spacial score (nSPS) is 20.0. The van der Waals surface area contributed by atoms with E-state index in [0.717, 1.165) is 138 Å². The average Bonchev–Trinajstić information content (AvgIpc) is 3.59. The number of likely N-dealkylation sites (tertiary alicyclic amines) is 2. The zero-order chi connectivity index (χ0) is 45.8. The summed E-state index contributed by atoms with van der Waals surface area (Å²) >= 11 is 0. The second kappa shape index (κ2) is 22.7. The first-order valence-electron chi connectivity index (χ1n) is 24.5. The molecule has 8 rings (SSSR count). The summed E-state index contributed by atoms with van der Waals surface area (Å²) in [5.74, 6) is 0.128. The number of anilines is 2. The first kappa shape index (κ1) is 46.9. The highest BCUT2D eigenvalue weighted by Crippen LogP contribution is 2.33. The number of nitrogens with zero attached hydrogens (tertiary/aromatic N) is 4. The second-order valence-electron chi connectivity index (χ2n) is 19.1. The summed E-state index contributed by atoms with van der Waals surface area (Å²) in [6, 6.07) is 33.1. The van der Waals surface area contributed by atoms with E-state index in [2.05, 4.69) is 70.5 Å². The lowest BCUT2D eigenvalue weighted by Crippen LogP contribution is -2.35. The molecular weight excluding hydrogens is 825 g/mol. The van der Waals surface area contributed by atoms with Crippen molar-refractivity contribution in [2.45, 2.75) is 115 Å². The van der Waals surface area contributed by atoms with Gasteiger partial charge in [0.2, 0.25) is 0 Å². The summed E-state index contributed by atoms with van der Waals surface area (Å²) in [4.78, 5) is 62.3. The van der Waals surface area contributed by atoms with Gasteiger partial charge in [-0.15, -0.1) is 0 Å². The maximum absolute atomic E-state index is 13.5. The molecule has 4 aliphatic rings. The van der Waals surface area contributed by atoms with Crippen molar-refractivity contribution >= 4 is 34.9 Å². The maximum atomic E-state index is 13.5. The molecule has 0 aromatic heterocycles. The number of hydrogen-bond acceptors (Lipinski definition) is 10. The topological polar surface area (TPSA) is 99.7 Å². The predicted octanol–water partition coefficient (Wildman–Crippen LogP) is 9.98.